The zero-order valence-electron chi connectivity index (χ0n) is 9.98. The molecule has 90 valence electrons. The number of hydrogen-bond acceptors (Lipinski definition) is 3. The van der Waals surface area contributed by atoms with Gasteiger partial charge in [0.1, 0.15) is 0 Å². The van der Waals surface area contributed by atoms with Gasteiger partial charge in [-0.3, -0.25) is 14.9 Å². The molecular weight excluding hydrogens is 204 g/mol. The van der Waals surface area contributed by atoms with Crippen LogP contribution in [0.3, 0.4) is 0 Å². The van der Waals surface area contributed by atoms with Crippen LogP contribution in [-0.2, 0) is 9.59 Å². The van der Waals surface area contributed by atoms with Crippen molar-refractivity contribution in [1.82, 2.24) is 10.2 Å². The molecule has 0 heterocycles. The minimum Gasteiger partial charge on any atom is -0.377 e. The standard InChI is InChI=1S/C12H20N2O2/c1-3-10-4-5-11(8-10)14(2)7-6-12(16)13-9-15/h6-7,9-11H,3-5,8H2,1-2H3,(H,13,15,16)/b7-6-. The van der Waals surface area contributed by atoms with Crippen molar-refractivity contribution in [3.8, 4) is 0 Å². The number of carbonyl (C=O) groups excluding carboxylic acids is 2. The van der Waals surface area contributed by atoms with Crippen LogP contribution in [0.1, 0.15) is 32.6 Å². The van der Waals surface area contributed by atoms with Crippen LogP contribution in [0.4, 0.5) is 0 Å². The second-order valence-electron chi connectivity index (χ2n) is 4.35. The van der Waals surface area contributed by atoms with E-state index in [2.05, 4.69) is 17.1 Å². The van der Waals surface area contributed by atoms with Crippen molar-refractivity contribution in [2.45, 2.75) is 38.6 Å². The normalized spacial score (nSPS) is 24.6. The lowest BCUT2D eigenvalue weighted by atomic mass is 10.1. The zero-order chi connectivity index (χ0) is 12.0. The summed E-state index contributed by atoms with van der Waals surface area (Å²) < 4.78 is 0. The summed E-state index contributed by atoms with van der Waals surface area (Å²) in [5.74, 6) is 0.455. The third-order valence-corrected chi connectivity index (χ3v) is 3.33. The van der Waals surface area contributed by atoms with Crippen LogP contribution in [0.2, 0.25) is 0 Å². The molecule has 1 N–H and O–H groups in total. The first kappa shape index (κ1) is 12.7. The van der Waals surface area contributed by atoms with E-state index in [0.29, 0.717) is 12.5 Å². The van der Waals surface area contributed by atoms with Crippen LogP contribution >= 0.6 is 0 Å². The average molecular weight is 224 g/mol. The van der Waals surface area contributed by atoms with Crippen molar-refractivity contribution in [2.24, 2.45) is 5.92 Å². The highest BCUT2D eigenvalue weighted by Gasteiger charge is 2.24. The quantitative estimate of drug-likeness (QED) is 0.565. The van der Waals surface area contributed by atoms with E-state index in [0.717, 1.165) is 5.92 Å². The Kier molecular flexibility index (Phi) is 5.02. The van der Waals surface area contributed by atoms with Crippen LogP contribution in [0, 0.1) is 5.92 Å². The number of nitrogens with one attached hydrogen (secondary N) is 1. The van der Waals surface area contributed by atoms with Crippen molar-refractivity contribution >= 4 is 12.3 Å². The highest BCUT2D eigenvalue weighted by Crippen LogP contribution is 2.30. The predicted molar refractivity (Wildman–Crippen MR) is 62.5 cm³/mol. The van der Waals surface area contributed by atoms with Gasteiger partial charge in [-0.15, -0.1) is 0 Å². The fraction of sp³-hybridized carbons (Fsp3) is 0.667. The maximum absolute atomic E-state index is 11.0. The Morgan fingerprint density at radius 3 is 2.81 bits per heavy atom. The molecule has 0 aromatic rings. The number of nitrogens with zero attached hydrogens (tertiary/aromatic N) is 1. The molecule has 2 amide bonds. The highest BCUT2D eigenvalue weighted by molar-refractivity contribution is 5.94. The van der Waals surface area contributed by atoms with Crippen molar-refractivity contribution in [1.29, 1.82) is 0 Å². The molecule has 2 unspecified atom stereocenters. The molecule has 1 saturated carbocycles. The summed E-state index contributed by atoms with van der Waals surface area (Å²) >= 11 is 0. The van der Waals surface area contributed by atoms with E-state index in [1.54, 1.807) is 6.20 Å². The first-order chi connectivity index (χ1) is 7.67. The van der Waals surface area contributed by atoms with Gasteiger partial charge in [0.25, 0.3) is 5.91 Å². The number of carbonyl (C=O) groups is 2. The fourth-order valence-corrected chi connectivity index (χ4v) is 2.20. The summed E-state index contributed by atoms with van der Waals surface area (Å²) in [5.41, 5.74) is 0. The van der Waals surface area contributed by atoms with Crippen LogP contribution < -0.4 is 5.32 Å². The van der Waals surface area contributed by atoms with Gasteiger partial charge in [0.15, 0.2) is 0 Å². The van der Waals surface area contributed by atoms with Gasteiger partial charge in [-0.2, -0.15) is 0 Å². The minimum atomic E-state index is -0.369. The lowest BCUT2D eigenvalue weighted by molar-refractivity contribution is -0.121. The van der Waals surface area contributed by atoms with E-state index in [9.17, 15) is 9.59 Å². The lowest BCUT2D eigenvalue weighted by Gasteiger charge is -2.22. The molecule has 0 aromatic heterocycles. The summed E-state index contributed by atoms with van der Waals surface area (Å²) in [7, 11) is 1.98. The predicted octanol–water partition coefficient (Wildman–Crippen LogP) is 1.28. The number of hydrogen-bond donors (Lipinski definition) is 1. The SMILES string of the molecule is CCC1CCC(N(C)/C=C\C(=O)NC=O)C1. The van der Waals surface area contributed by atoms with Gasteiger partial charge in [0, 0.05) is 25.4 Å². The second-order valence-corrected chi connectivity index (χ2v) is 4.35. The molecule has 0 radical (unpaired) electrons. The molecule has 0 saturated heterocycles. The van der Waals surface area contributed by atoms with Crippen molar-refractivity contribution in [2.75, 3.05) is 7.05 Å². The Balaban J connectivity index is 2.37. The van der Waals surface area contributed by atoms with Crippen molar-refractivity contribution in [3.63, 3.8) is 0 Å². The van der Waals surface area contributed by atoms with E-state index >= 15 is 0 Å². The van der Waals surface area contributed by atoms with Gasteiger partial charge >= 0.3 is 0 Å². The van der Waals surface area contributed by atoms with Crippen LogP contribution in [0.15, 0.2) is 12.3 Å². The zero-order valence-corrected chi connectivity index (χ0v) is 9.98. The molecule has 0 aliphatic heterocycles. The fourth-order valence-electron chi connectivity index (χ4n) is 2.20. The molecule has 2 atom stereocenters. The van der Waals surface area contributed by atoms with Gasteiger partial charge in [-0.1, -0.05) is 13.3 Å². The molecule has 0 bridgehead atoms. The summed E-state index contributed by atoms with van der Waals surface area (Å²) in [5, 5.41) is 2.08. The highest BCUT2D eigenvalue weighted by atomic mass is 16.2. The molecule has 1 fully saturated rings. The average Bonchev–Trinajstić information content (AvgIpc) is 2.75. The van der Waals surface area contributed by atoms with Gasteiger partial charge < -0.3 is 4.90 Å². The molecule has 1 aliphatic rings. The van der Waals surface area contributed by atoms with Crippen molar-refractivity contribution in [3.05, 3.63) is 12.3 Å². The minimum absolute atomic E-state index is 0.369. The van der Waals surface area contributed by atoms with Crippen LogP contribution in [0.25, 0.3) is 0 Å². The van der Waals surface area contributed by atoms with Gasteiger partial charge in [-0.05, 0) is 25.2 Å². The Morgan fingerprint density at radius 1 is 1.50 bits per heavy atom. The summed E-state index contributed by atoms with van der Waals surface area (Å²) in [6.45, 7) is 2.22. The first-order valence-electron chi connectivity index (χ1n) is 5.81. The molecule has 1 aliphatic carbocycles. The van der Waals surface area contributed by atoms with Gasteiger partial charge in [-0.25, -0.2) is 0 Å². The van der Waals surface area contributed by atoms with Gasteiger partial charge in [0.2, 0.25) is 6.41 Å². The second kappa shape index (κ2) is 6.30. The molecule has 1 rings (SSSR count). The van der Waals surface area contributed by atoms with E-state index in [4.69, 9.17) is 0 Å². The Morgan fingerprint density at radius 2 is 2.25 bits per heavy atom. The Labute approximate surface area is 96.7 Å². The summed E-state index contributed by atoms with van der Waals surface area (Å²) in [6.07, 6.45) is 8.45. The molecule has 16 heavy (non-hydrogen) atoms. The summed E-state index contributed by atoms with van der Waals surface area (Å²) in [6, 6.07) is 0.533. The maximum Gasteiger partial charge on any atom is 0.251 e. The molecule has 0 spiro atoms. The Hall–Kier alpha value is -1.32. The van der Waals surface area contributed by atoms with Crippen LogP contribution in [0.5, 0.6) is 0 Å². The van der Waals surface area contributed by atoms with E-state index in [1.807, 2.05) is 7.05 Å². The van der Waals surface area contributed by atoms with Crippen LogP contribution in [-0.4, -0.2) is 30.3 Å². The smallest absolute Gasteiger partial charge is 0.251 e. The Bertz CT molecular complexity index is 276. The number of rotatable bonds is 5. The van der Waals surface area contributed by atoms with E-state index < -0.39 is 0 Å². The van der Waals surface area contributed by atoms with E-state index in [1.165, 1.54) is 31.8 Å². The summed E-state index contributed by atoms with van der Waals surface area (Å²) in [4.78, 5) is 23.1. The van der Waals surface area contributed by atoms with E-state index in [-0.39, 0.29) is 5.91 Å². The third kappa shape index (κ3) is 3.68. The molecular formula is C12H20N2O2. The molecule has 0 aromatic carbocycles. The first-order valence-corrected chi connectivity index (χ1v) is 5.81. The maximum atomic E-state index is 11.0. The third-order valence-electron chi connectivity index (χ3n) is 3.33. The largest absolute Gasteiger partial charge is 0.377 e. The lowest BCUT2D eigenvalue weighted by Crippen LogP contribution is -2.25. The number of amides is 2. The topological polar surface area (TPSA) is 49.4 Å². The number of imide groups is 1. The van der Waals surface area contributed by atoms with Crippen molar-refractivity contribution < 1.29 is 9.59 Å². The monoisotopic (exact) mass is 224 g/mol. The van der Waals surface area contributed by atoms with Gasteiger partial charge in [0.05, 0.1) is 0 Å². The molecule has 4 nitrogen and oxygen atoms in total. The molecule has 4 heteroatoms.